The van der Waals surface area contributed by atoms with Crippen LogP contribution in [-0.4, -0.2) is 19.0 Å². The number of hydrogen-bond donors (Lipinski definition) is 2. The molecule has 16 heavy (non-hydrogen) atoms. The Morgan fingerprint density at radius 2 is 1.88 bits per heavy atom. The van der Waals surface area contributed by atoms with E-state index < -0.39 is 0 Å². The number of carbonyl (C=O) groups excluding carboxylic acids is 1. The van der Waals surface area contributed by atoms with Gasteiger partial charge in [0.2, 0.25) is 5.91 Å². The van der Waals surface area contributed by atoms with Gasteiger partial charge in [-0.2, -0.15) is 0 Å². The summed E-state index contributed by atoms with van der Waals surface area (Å²) in [6.45, 7) is 5.12. The maximum absolute atomic E-state index is 10.6. The Morgan fingerprint density at radius 1 is 1.19 bits per heavy atom. The van der Waals surface area contributed by atoms with Crippen molar-refractivity contribution in [2.75, 3.05) is 18.4 Å². The molecule has 3 heteroatoms. The molecule has 0 atom stereocenters. The molecule has 0 heterocycles. The van der Waals surface area contributed by atoms with Crippen LogP contribution in [0.15, 0.2) is 24.3 Å². The number of rotatable bonds is 6. The van der Waals surface area contributed by atoms with Gasteiger partial charge in [-0.1, -0.05) is 25.5 Å². The number of carbonyl (C=O) groups is 1. The summed E-state index contributed by atoms with van der Waals surface area (Å²) in [7, 11) is 0. The molecule has 0 aliphatic carbocycles. The predicted octanol–water partition coefficient (Wildman–Crippen LogP) is 2.19. The Balaban J connectivity index is 2.29. The zero-order chi connectivity index (χ0) is 11.8. The summed E-state index contributed by atoms with van der Waals surface area (Å²) in [5, 5.41) is 6.00. The summed E-state index contributed by atoms with van der Waals surface area (Å²) in [5.74, 6) is 0.0140. The van der Waals surface area contributed by atoms with Gasteiger partial charge in [-0.25, -0.2) is 0 Å². The number of anilines is 1. The summed E-state index contributed by atoms with van der Waals surface area (Å²) >= 11 is 0. The topological polar surface area (TPSA) is 41.1 Å². The van der Waals surface area contributed by atoms with E-state index in [0.29, 0.717) is 6.54 Å². The van der Waals surface area contributed by atoms with E-state index in [1.54, 1.807) is 0 Å². The van der Waals surface area contributed by atoms with Crippen molar-refractivity contribution in [3.63, 3.8) is 0 Å². The van der Waals surface area contributed by atoms with Gasteiger partial charge < -0.3 is 10.6 Å². The van der Waals surface area contributed by atoms with Crippen LogP contribution in [0, 0.1) is 0 Å². The molecule has 1 aromatic carbocycles. The van der Waals surface area contributed by atoms with Crippen LogP contribution in [0.3, 0.4) is 0 Å². The Bertz CT molecular complexity index is 319. The van der Waals surface area contributed by atoms with Gasteiger partial charge in [0.25, 0.3) is 0 Å². The van der Waals surface area contributed by atoms with E-state index in [1.807, 2.05) is 0 Å². The third-order valence-corrected chi connectivity index (χ3v) is 2.32. The van der Waals surface area contributed by atoms with Crippen LogP contribution in [0.5, 0.6) is 0 Å². The lowest BCUT2D eigenvalue weighted by Crippen LogP contribution is -2.26. The molecule has 3 nitrogen and oxygen atoms in total. The van der Waals surface area contributed by atoms with Crippen molar-refractivity contribution >= 4 is 11.6 Å². The fourth-order valence-corrected chi connectivity index (χ4v) is 1.52. The van der Waals surface area contributed by atoms with E-state index in [9.17, 15) is 4.79 Å². The zero-order valence-corrected chi connectivity index (χ0v) is 10.0. The molecule has 2 N–H and O–H groups in total. The molecule has 1 aromatic rings. The second-order valence-electron chi connectivity index (χ2n) is 3.86. The largest absolute Gasteiger partial charge is 0.383 e. The first-order valence-electron chi connectivity index (χ1n) is 5.79. The Kier molecular flexibility index (Phi) is 5.40. The fourth-order valence-electron chi connectivity index (χ4n) is 1.52. The molecule has 0 bridgehead atoms. The average Bonchev–Trinajstić information content (AvgIpc) is 2.27. The lowest BCUT2D eigenvalue weighted by molar-refractivity contribution is -0.118. The maximum atomic E-state index is 10.6. The third-order valence-electron chi connectivity index (χ3n) is 2.32. The molecular formula is C13H20N2O. The van der Waals surface area contributed by atoms with Crippen molar-refractivity contribution < 1.29 is 4.79 Å². The van der Waals surface area contributed by atoms with Gasteiger partial charge in [0.1, 0.15) is 0 Å². The summed E-state index contributed by atoms with van der Waals surface area (Å²) in [4.78, 5) is 10.6. The van der Waals surface area contributed by atoms with E-state index in [2.05, 4.69) is 41.8 Å². The second kappa shape index (κ2) is 6.88. The lowest BCUT2D eigenvalue weighted by atomic mass is 10.1. The Labute approximate surface area is 97.2 Å². The van der Waals surface area contributed by atoms with Crippen molar-refractivity contribution in [3.05, 3.63) is 29.8 Å². The average molecular weight is 220 g/mol. The molecule has 88 valence electrons. The van der Waals surface area contributed by atoms with E-state index >= 15 is 0 Å². The van der Waals surface area contributed by atoms with Crippen LogP contribution in [0.4, 0.5) is 5.69 Å². The molecule has 0 aromatic heterocycles. The molecular weight excluding hydrogens is 200 g/mol. The monoisotopic (exact) mass is 220 g/mol. The zero-order valence-electron chi connectivity index (χ0n) is 10.0. The Morgan fingerprint density at radius 3 is 2.44 bits per heavy atom. The molecule has 1 rings (SSSR count). The van der Waals surface area contributed by atoms with Crippen LogP contribution in [0.1, 0.15) is 25.8 Å². The first-order chi connectivity index (χ1) is 7.72. The van der Waals surface area contributed by atoms with Crippen molar-refractivity contribution in [2.45, 2.75) is 26.7 Å². The molecule has 0 unspecified atom stereocenters. The molecule has 1 amide bonds. The highest BCUT2D eigenvalue weighted by molar-refractivity contribution is 5.72. The van der Waals surface area contributed by atoms with E-state index in [1.165, 1.54) is 18.9 Å². The van der Waals surface area contributed by atoms with E-state index in [-0.39, 0.29) is 5.91 Å². The Hall–Kier alpha value is -1.51. The van der Waals surface area contributed by atoms with Crippen LogP contribution in [0.25, 0.3) is 0 Å². The van der Waals surface area contributed by atoms with Crippen LogP contribution in [0.2, 0.25) is 0 Å². The van der Waals surface area contributed by atoms with Gasteiger partial charge in [-0.05, 0) is 24.1 Å². The molecule has 0 fully saturated rings. The van der Waals surface area contributed by atoms with Crippen molar-refractivity contribution in [3.8, 4) is 0 Å². The molecule has 0 saturated carbocycles. The number of nitrogens with one attached hydrogen (secondary N) is 2. The van der Waals surface area contributed by atoms with Crippen LogP contribution in [-0.2, 0) is 11.2 Å². The number of aryl methyl sites for hydroxylation is 1. The standard InChI is InChI=1S/C13H20N2O/c1-3-4-12-5-7-13(8-6-12)15-10-9-14-11(2)16/h5-8,15H,3-4,9-10H2,1-2H3,(H,14,16). The highest BCUT2D eigenvalue weighted by atomic mass is 16.1. The third kappa shape index (κ3) is 4.82. The summed E-state index contributed by atoms with van der Waals surface area (Å²) in [5.41, 5.74) is 2.47. The van der Waals surface area contributed by atoms with Gasteiger partial charge in [0, 0.05) is 25.7 Å². The number of hydrogen-bond acceptors (Lipinski definition) is 2. The minimum atomic E-state index is 0.0140. The maximum Gasteiger partial charge on any atom is 0.216 e. The molecule has 0 aliphatic heterocycles. The van der Waals surface area contributed by atoms with Gasteiger partial charge in [0.15, 0.2) is 0 Å². The van der Waals surface area contributed by atoms with Crippen molar-refractivity contribution in [1.82, 2.24) is 5.32 Å². The first kappa shape index (κ1) is 12.6. The summed E-state index contributed by atoms with van der Waals surface area (Å²) < 4.78 is 0. The molecule has 0 radical (unpaired) electrons. The minimum absolute atomic E-state index is 0.0140. The van der Waals surface area contributed by atoms with Gasteiger partial charge in [-0.3, -0.25) is 4.79 Å². The van der Waals surface area contributed by atoms with Crippen LogP contribution >= 0.6 is 0 Å². The predicted molar refractivity (Wildman–Crippen MR) is 67.6 cm³/mol. The molecule has 0 saturated heterocycles. The summed E-state index contributed by atoms with van der Waals surface area (Å²) in [6.07, 6.45) is 2.31. The smallest absolute Gasteiger partial charge is 0.216 e. The highest BCUT2D eigenvalue weighted by Crippen LogP contribution is 2.10. The SMILES string of the molecule is CCCc1ccc(NCCNC(C)=O)cc1. The second-order valence-corrected chi connectivity index (χ2v) is 3.86. The minimum Gasteiger partial charge on any atom is -0.383 e. The van der Waals surface area contributed by atoms with Gasteiger partial charge >= 0.3 is 0 Å². The molecule has 0 aliphatic rings. The van der Waals surface area contributed by atoms with Gasteiger partial charge in [0.05, 0.1) is 0 Å². The lowest BCUT2D eigenvalue weighted by Gasteiger charge is -2.07. The van der Waals surface area contributed by atoms with Gasteiger partial charge in [-0.15, -0.1) is 0 Å². The van der Waals surface area contributed by atoms with Crippen molar-refractivity contribution in [2.24, 2.45) is 0 Å². The van der Waals surface area contributed by atoms with E-state index in [4.69, 9.17) is 0 Å². The first-order valence-corrected chi connectivity index (χ1v) is 5.79. The normalized spacial score (nSPS) is 9.88. The number of benzene rings is 1. The van der Waals surface area contributed by atoms with Crippen molar-refractivity contribution in [1.29, 1.82) is 0 Å². The summed E-state index contributed by atoms with van der Waals surface area (Å²) in [6, 6.07) is 8.45. The highest BCUT2D eigenvalue weighted by Gasteiger charge is 1.94. The van der Waals surface area contributed by atoms with E-state index in [0.717, 1.165) is 18.7 Å². The number of amides is 1. The quantitative estimate of drug-likeness (QED) is 0.721. The fraction of sp³-hybridized carbons (Fsp3) is 0.462. The van der Waals surface area contributed by atoms with Crippen LogP contribution < -0.4 is 10.6 Å². The molecule has 0 spiro atoms.